The van der Waals surface area contributed by atoms with E-state index in [-0.39, 0.29) is 18.4 Å². The van der Waals surface area contributed by atoms with Crippen LogP contribution in [0, 0.1) is 16.7 Å². The number of aliphatic carboxylic acids is 1. The molecule has 0 radical (unpaired) electrons. The van der Waals surface area contributed by atoms with Crippen LogP contribution in [-0.2, 0) is 9.59 Å². The van der Waals surface area contributed by atoms with Gasteiger partial charge in [0.2, 0.25) is 5.91 Å². The average Bonchev–Trinajstić information content (AvgIpc) is 2.92. The Labute approximate surface area is 122 Å². The second-order valence-corrected chi connectivity index (χ2v) is 5.65. The first-order valence-corrected chi connectivity index (χ1v) is 7.69. The minimum absolute atomic E-state index is 0.0646. The van der Waals surface area contributed by atoms with E-state index < -0.39 is 17.9 Å². The summed E-state index contributed by atoms with van der Waals surface area (Å²) in [6.45, 7) is 2.53. The van der Waals surface area contributed by atoms with Gasteiger partial charge in [0.05, 0.1) is 5.92 Å². The van der Waals surface area contributed by atoms with Crippen LogP contribution in [0.15, 0.2) is 4.58 Å². The van der Waals surface area contributed by atoms with Crippen molar-refractivity contribution in [2.45, 2.75) is 32.2 Å². The van der Waals surface area contributed by atoms with Crippen LogP contribution in [0.2, 0.25) is 0 Å². The standard InChI is InChI=1S/C12H21N3O4S/c1-2-8(7-20-14-19)9(6-13)11(16)15-5-3-4-10(15)12(17)18/h8-10H,2-7,13H2,1H3,(H,17,18)/t8-,9?,10+/m1/s1. The number of amides is 1. The summed E-state index contributed by atoms with van der Waals surface area (Å²) in [6, 6.07) is -0.745. The highest BCUT2D eigenvalue weighted by atomic mass is 32.2. The van der Waals surface area contributed by atoms with Crippen molar-refractivity contribution in [1.82, 2.24) is 4.90 Å². The van der Waals surface area contributed by atoms with Gasteiger partial charge in [0.15, 0.2) is 0 Å². The van der Waals surface area contributed by atoms with E-state index in [0.717, 1.165) is 11.9 Å². The molecule has 1 heterocycles. The van der Waals surface area contributed by atoms with Gasteiger partial charge in [-0.2, -0.15) is 0 Å². The first-order chi connectivity index (χ1) is 9.56. The fourth-order valence-electron chi connectivity index (χ4n) is 2.64. The molecule has 0 saturated carbocycles. The Hall–Kier alpha value is -1.15. The lowest BCUT2D eigenvalue weighted by Crippen LogP contribution is -2.47. The van der Waals surface area contributed by atoms with Gasteiger partial charge in [0, 0.05) is 35.4 Å². The van der Waals surface area contributed by atoms with Crippen LogP contribution in [0.4, 0.5) is 0 Å². The summed E-state index contributed by atoms with van der Waals surface area (Å²) in [4.78, 5) is 35.3. The lowest BCUT2D eigenvalue weighted by Gasteiger charge is -2.30. The van der Waals surface area contributed by atoms with Gasteiger partial charge in [0.25, 0.3) is 0 Å². The number of nitroso groups, excluding NO2 is 1. The fraction of sp³-hybridized carbons (Fsp3) is 0.833. The fourth-order valence-corrected chi connectivity index (χ4v) is 3.36. The summed E-state index contributed by atoms with van der Waals surface area (Å²) in [5.74, 6) is -1.27. The first kappa shape index (κ1) is 16.9. The second-order valence-electron chi connectivity index (χ2n) is 4.91. The molecular formula is C12H21N3O4S. The van der Waals surface area contributed by atoms with Crippen LogP contribution in [0.3, 0.4) is 0 Å². The Kier molecular flexibility index (Phi) is 6.94. The normalized spacial score (nSPS) is 21.5. The molecule has 1 aliphatic heterocycles. The first-order valence-electron chi connectivity index (χ1n) is 6.74. The zero-order valence-electron chi connectivity index (χ0n) is 11.5. The molecule has 1 rings (SSSR count). The Morgan fingerprint density at radius 1 is 1.55 bits per heavy atom. The number of hydrogen-bond acceptors (Lipinski definition) is 6. The predicted molar refractivity (Wildman–Crippen MR) is 76.9 cm³/mol. The zero-order chi connectivity index (χ0) is 15.1. The van der Waals surface area contributed by atoms with E-state index in [0.29, 0.717) is 31.6 Å². The summed E-state index contributed by atoms with van der Waals surface area (Å²) in [6.07, 6.45) is 1.88. The molecule has 7 nitrogen and oxygen atoms in total. The third-order valence-electron chi connectivity index (χ3n) is 3.83. The maximum absolute atomic E-state index is 12.5. The molecule has 1 unspecified atom stereocenters. The largest absolute Gasteiger partial charge is 0.480 e. The number of carboxylic acids is 1. The van der Waals surface area contributed by atoms with Crippen molar-refractivity contribution in [1.29, 1.82) is 0 Å². The minimum atomic E-state index is -0.969. The Morgan fingerprint density at radius 2 is 2.25 bits per heavy atom. The van der Waals surface area contributed by atoms with Crippen molar-refractivity contribution < 1.29 is 14.7 Å². The molecule has 0 aromatic carbocycles. The molecule has 0 aromatic rings. The van der Waals surface area contributed by atoms with Crippen molar-refractivity contribution in [3.8, 4) is 0 Å². The quantitative estimate of drug-likeness (QED) is 0.512. The van der Waals surface area contributed by atoms with E-state index in [9.17, 15) is 14.5 Å². The molecule has 3 atom stereocenters. The van der Waals surface area contributed by atoms with E-state index in [4.69, 9.17) is 10.8 Å². The molecule has 0 bridgehead atoms. The summed E-state index contributed by atoms with van der Waals surface area (Å²) in [5, 5.41) is 9.14. The van der Waals surface area contributed by atoms with Crippen LogP contribution in [0.5, 0.6) is 0 Å². The molecule has 1 saturated heterocycles. The summed E-state index contributed by atoms with van der Waals surface area (Å²) in [7, 11) is 0. The molecule has 3 N–H and O–H groups in total. The van der Waals surface area contributed by atoms with E-state index in [1.165, 1.54) is 4.90 Å². The number of hydrogen-bond donors (Lipinski definition) is 2. The Bertz CT molecular complexity index is 367. The molecule has 0 aliphatic carbocycles. The zero-order valence-corrected chi connectivity index (χ0v) is 12.3. The maximum Gasteiger partial charge on any atom is 0.326 e. The molecule has 1 amide bonds. The lowest BCUT2D eigenvalue weighted by molar-refractivity contribution is -0.150. The van der Waals surface area contributed by atoms with Crippen LogP contribution in [-0.4, -0.2) is 46.8 Å². The van der Waals surface area contributed by atoms with Crippen molar-refractivity contribution in [2.24, 2.45) is 22.2 Å². The van der Waals surface area contributed by atoms with E-state index >= 15 is 0 Å². The van der Waals surface area contributed by atoms with Gasteiger partial charge in [-0.05, 0) is 18.8 Å². The molecular weight excluding hydrogens is 282 g/mol. The van der Waals surface area contributed by atoms with Crippen molar-refractivity contribution >= 4 is 23.8 Å². The van der Waals surface area contributed by atoms with Gasteiger partial charge >= 0.3 is 5.97 Å². The number of nitrogens with two attached hydrogens (primary N) is 1. The predicted octanol–water partition coefficient (Wildman–Crippen LogP) is 1.08. The molecule has 1 aliphatic rings. The van der Waals surface area contributed by atoms with Gasteiger partial charge in [-0.25, -0.2) is 4.79 Å². The Morgan fingerprint density at radius 3 is 2.75 bits per heavy atom. The topological polar surface area (TPSA) is 113 Å². The number of likely N-dealkylation sites (tertiary alicyclic amines) is 1. The highest BCUT2D eigenvalue weighted by molar-refractivity contribution is 7.97. The SMILES string of the molecule is CC[C@H](CSN=O)C(CN)C(=O)N1CCC[C@H]1C(=O)O. The summed E-state index contributed by atoms with van der Waals surface area (Å²) < 4.78 is 2.75. The van der Waals surface area contributed by atoms with Crippen LogP contribution >= 0.6 is 11.9 Å². The summed E-state index contributed by atoms with van der Waals surface area (Å²) in [5.41, 5.74) is 5.70. The highest BCUT2D eigenvalue weighted by Gasteiger charge is 2.38. The van der Waals surface area contributed by atoms with Gasteiger partial charge in [-0.15, -0.1) is 4.91 Å². The number of rotatable bonds is 8. The maximum atomic E-state index is 12.5. The molecule has 0 aromatic heterocycles. The van der Waals surface area contributed by atoms with E-state index in [1.54, 1.807) is 0 Å². The average molecular weight is 303 g/mol. The van der Waals surface area contributed by atoms with Crippen LogP contribution in [0.25, 0.3) is 0 Å². The number of nitrogens with zero attached hydrogens (tertiary/aromatic N) is 2. The number of carbonyl (C=O) groups is 2. The molecule has 114 valence electrons. The third-order valence-corrected chi connectivity index (χ3v) is 4.51. The van der Waals surface area contributed by atoms with Crippen molar-refractivity contribution in [3.05, 3.63) is 4.91 Å². The van der Waals surface area contributed by atoms with Crippen molar-refractivity contribution in [2.75, 3.05) is 18.8 Å². The van der Waals surface area contributed by atoms with E-state index in [1.807, 2.05) is 6.92 Å². The van der Waals surface area contributed by atoms with Crippen molar-refractivity contribution in [3.63, 3.8) is 0 Å². The molecule has 0 spiro atoms. The number of carboxylic acid groups (broad SMARTS) is 1. The van der Waals surface area contributed by atoms with Gasteiger partial charge in [-0.1, -0.05) is 13.3 Å². The molecule has 1 fully saturated rings. The smallest absolute Gasteiger partial charge is 0.326 e. The summed E-state index contributed by atoms with van der Waals surface area (Å²) >= 11 is 0.878. The van der Waals surface area contributed by atoms with Crippen LogP contribution in [0.1, 0.15) is 26.2 Å². The Balaban J connectivity index is 2.79. The minimum Gasteiger partial charge on any atom is -0.480 e. The van der Waals surface area contributed by atoms with E-state index in [2.05, 4.69) is 4.58 Å². The van der Waals surface area contributed by atoms with Gasteiger partial charge in [-0.3, -0.25) is 4.79 Å². The lowest BCUT2D eigenvalue weighted by atomic mass is 9.90. The van der Waals surface area contributed by atoms with Crippen LogP contribution < -0.4 is 5.73 Å². The second kappa shape index (κ2) is 8.21. The van der Waals surface area contributed by atoms with Gasteiger partial charge < -0.3 is 15.7 Å². The molecule has 20 heavy (non-hydrogen) atoms. The highest BCUT2D eigenvalue weighted by Crippen LogP contribution is 2.26. The van der Waals surface area contributed by atoms with Gasteiger partial charge in [0.1, 0.15) is 6.04 Å². The monoisotopic (exact) mass is 303 g/mol. The number of carbonyl (C=O) groups excluding carboxylic acids is 1. The third kappa shape index (κ3) is 3.92. The molecule has 8 heteroatoms.